The highest BCUT2D eigenvalue weighted by molar-refractivity contribution is 7.89. The molecule has 0 bridgehead atoms. The molecule has 9 nitrogen and oxygen atoms in total. The summed E-state index contributed by atoms with van der Waals surface area (Å²) in [6.45, 7) is 1.69. The van der Waals surface area contributed by atoms with Crippen molar-refractivity contribution in [2.24, 2.45) is 5.92 Å². The molecule has 2 aromatic rings. The summed E-state index contributed by atoms with van der Waals surface area (Å²) in [5.41, 5.74) is -0.100. The Labute approximate surface area is 175 Å². The second-order valence-electron chi connectivity index (χ2n) is 6.41. The zero-order valence-corrected chi connectivity index (χ0v) is 17.4. The first-order valence-electron chi connectivity index (χ1n) is 8.99. The molecule has 2 heterocycles. The van der Waals surface area contributed by atoms with Gasteiger partial charge in [0.05, 0.1) is 6.61 Å². The molecule has 1 aliphatic rings. The summed E-state index contributed by atoms with van der Waals surface area (Å²) in [5, 5.41) is 6.38. The highest BCUT2D eigenvalue weighted by Crippen LogP contribution is 2.27. The molecule has 1 aliphatic heterocycles. The van der Waals surface area contributed by atoms with Gasteiger partial charge in [0.1, 0.15) is 16.5 Å². The molecule has 162 valence electrons. The number of ether oxygens (including phenoxy) is 1. The van der Waals surface area contributed by atoms with Crippen LogP contribution in [0.2, 0.25) is 0 Å². The Bertz CT molecular complexity index is 1050. The maximum absolute atomic E-state index is 13.9. The number of benzene rings is 1. The number of halogens is 2. The summed E-state index contributed by atoms with van der Waals surface area (Å²) in [6.07, 6.45) is 0.339. The summed E-state index contributed by atoms with van der Waals surface area (Å²) >= 11 is 0.824. The zero-order chi connectivity index (χ0) is 21.9. The number of hydrogen-bond acceptors (Lipinski definition) is 8. The third kappa shape index (κ3) is 4.63. The van der Waals surface area contributed by atoms with Crippen molar-refractivity contribution in [3.8, 4) is 0 Å². The molecular formula is C17H18F2N4O5S2. The summed E-state index contributed by atoms with van der Waals surface area (Å²) in [4.78, 5) is 23.6. The predicted molar refractivity (Wildman–Crippen MR) is 102 cm³/mol. The minimum atomic E-state index is -4.23. The molecule has 1 aromatic carbocycles. The van der Waals surface area contributed by atoms with E-state index in [4.69, 9.17) is 4.74 Å². The minimum absolute atomic E-state index is 0.0396. The molecule has 13 heteroatoms. The Kier molecular flexibility index (Phi) is 6.73. The number of rotatable bonds is 6. The van der Waals surface area contributed by atoms with Crippen LogP contribution in [0.5, 0.6) is 0 Å². The fourth-order valence-electron chi connectivity index (χ4n) is 2.99. The van der Waals surface area contributed by atoms with Gasteiger partial charge in [0.15, 0.2) is 5.00 Å². The van der Waals surface area contributed by atoms with E-state index in [0.717, 1.165) is 28.0 Å². The molecule has 1 N–H and O–H groups in total. The van der Waals surface area contributed by atoms with Crippen LogP contribution >= 0.6 is 11.5 Å². The first-order valence-corrected chi connectivity index (χ1v) is 11.2. The van der Waals surface area contributed by atoms with Gasteiger partial charge < -0.3 is 10.1 Å². The van der Waals surface area contributed by atoms with Crippen LogP contribution in [-0.2, 0) is 19.6 Å². The smallest absolute Gasteiger partial charge is 0.362 e. The molecule has 0 aliphatic carbocycles. The van der Waals surface area contributed by atoms with E-state index in [9.17, 15) is 26.8 Å². The number of nitrogens with one attached hydrogen (secondary N) is 1. The number of nitrogens with zero attached hydrogens (tertiary/aromatic N) is 3. The van der Waals surface area contributed by atoms with Crippen molar-refractivity contribution in [2.45, 2.75) is 24.7 Å². The highest BCUT2D eigenvalue weighted by atomic mass is 32.2. The maximum Gasteiger partial charge on any atom is 0.362 e. The second kappa shape index (κ2) is 9.10. The number of esters is 1. The van der Waals surface area contributed by atoms with Crippen LogP contribution in [-0.4, -0.2) is 53.9 Å². The summed E-state index contributed by atoms with van der Waals surface area (Å²) in [5.74, 6) is -3.56. The van der Waals surface area contributed by atoms with Crippen LogP contribution in [0.3, 0.4) is 0 Å². The molecule has 3 rings (SSSR count). The van der Waals surface area contributed by atoms with Gasteiger partial charge in [-0.05, 0) is 38.0 Å². The SMILES string of the molecule is CCOC(=O)c1nnsc1NC(=O)C1CCN(S(=O)(=O)c2cc(F)ccc2F)CC1. The van der Waals surface area contributed by atoms with Crippen LogP contribution in [0.15, 0.2) is 23.1 Å². The monoisotopic (exact) mass is 460 g/mol. The van der Waals surface area contributed by atoms with E-state index in [2.05, 4.69) is 14.9 Å². The predicted octanol–water partition coefficient (Wildman–Crippen LogP) is 2.03. The largest absolute Gasteiger partial charge is 0.461 e. The topological polar surface area (TPSA) is 119 Å². The standard InChI is InChI=1S/C17H18F2N4O5S2/c1-2-28-17(25)14-16(29-22-21-14)20-15(24)10-5-7-23(8-6-10)30(26,27)13-9-11(18)3-4-12(13)19/h3-4,9-10H,2,5-8H2,1H3,(H,20,24). The number of hydrogen-bond donors (Lipinski definition) is 1. The molecule has 0 spiro atoms. The molecule has 0 atom stereocenters. The molecule has 0 radical (unpaired) electrons. The van der Waals surface area contributed by atoms with E-state index in [-0.39, 0.29) is 43.2 Å². The maximum atomic E-state index is 13.9. The quantitative estimate of drug-likeness (QED) is 0.655. The van der Waals surface area contributed by atoms with Crippen molar-refractivity contribution >= 4 is 38.4 Å². The highest BCUT2D eigenvalue weighted by Gasteiger charge is 2.34. The number of piperidine rings is 1. The van der Waals surface area contributed by atoms with Gasteiger partial charge in [0.25, 0.3) is 0 Å². The van der Waals surface area contributed by atoms with E-state index < -0.39 is 44.3 Å². The van der Waals surface area contributed by atoms with Crippen LogP contribution < -0.4 is 5.32 Å². The van der Waals surface area contributed by atoms with Crippen molar-refractivity contribution < 1.29 is 31.5 Å². The van der Waals surface area contributed by atoms with E-state index in [0.29, 0.717) is 6.07 Å². The van der Waals surface area contributed by atoms with Gasteiger partial charge in [0, 0.05) is 30.5 Å². The zero-order valence-electron chi connectivity index (χ0n) is 15.8. The third-order valence-electron chi connectivity index (χ3n) is 4.53. The van der Waals surface area contributed by atoms with Gasteiger partial charge in [-0.15, -0.1) is 5.10 Å². The van der Waals surface area contributed by atoms with Crippen molar-refractivity contribution in [3.63, 3.8) is 0 Å². The number of anilines is 1. The van der Waals surface area contributed by atoms with E-state index in [1.807, 2.05) is 0 Å². The lowest BCUT2D eigenvalue weighted by Gasteiger charge is -2.30. The van der Waals surface area contributed by atoms with Crippen LogP contribution in [0, 0.1) is 17.6 Å². The first-order chi connectivity index (χ1) is 14.2. The van der Waals surface area contributed by atoms with Gasteiger partial charge in [-0.2, -0.15) is 4.31 Å². The number of carbonyl (C=O) groups is 2. The lowest BCUT2D eigenvalue weighted by Crippen LogP contribution is -2.41. The fraction of sp³-hybridized carbons (Fsp3) is 0.412. The molecular weight excluding hydrogens is 442 g/mol. The van der Waals surface area contributed by atoms with E-state index >= 15 is 0 Å². The third-order valence-corrected chi connectivity index (χ3v) is 7.08. The molecule has 30 heavy (non-hydrogen) atoms. The second-order valence-corrected chi connectivity index (χ2v) is 9.07. The molecule has 1 saturated heterocycles. The molecule has 1 aromatic heterocycles. The van der Waals surface area contributed by atoms with Crippen LogP contribution in [0.4, 0.5) is 13.8 Å². The van der Waals surface area contributed by atoms with Crippen molar-refractivity contribution in [3.05, 3.63) is 35.5 Å². The van der Waals surface area contributed by atoms with Crippen molar-refractivity contribution in [1.82, 2.24) is 13.9 Å². The average molecular weight is 460 g/mol. The van der Waals surface area contributed by atoms with Gasteiger partial charge >= 0.3 is 5.97 Å². The Balaban J connectivity index is 1.64. The number of carbonyl (C=O) groups excluding carboxylic acids is 2. The van der Waals surface area contributed by atoms with Gasteiger partial charge in [0.2, 0.25) is 21.6 Å². The summed E-state index contributed by atoms with van der Waals surface area (Å²) in [6, 6.07) is 2.23. The summed E-state index contributed by atoms with van der Waals surface area (Å²) < 4.78 is 62.1. The Morgan fingerprint density at radius 1 is 1.30 bits per heavy atom. The first kappa shape index (κ1) is 22.2. The lowest BCUT2D eigenvalue weighted by molar-refractivity contribution is -0.120. The minimum Gasteiger partial charge on any atom is -0.461 e. The number of amides is 1. The van der Waals surface area contributed by atoms with Crippen LogP contribution in [0.1, 0.15) is 30.3 Å². The molecule has 1 amide bonds. The van der Waals surface area contributed by atoms with E-state index in [1.54, 1.807) is 6.92 Å². The fourth-order valence-corrected chi connectivity index (χ4v) is 5.10. The van der Waals surface area contributed by atoms with Crippen molar-refractivity contribution in [2.75, 3.05) is 25.0 Å². The van der Waals surface area contributed by atoms with Crippen LogP contribution in [0.25, 0.3) is 0 Å². The molecule has 0 unspecified atom stereocenters. The molecule has 1 fully saturated rings. The Morgan fingerprint density at radius 2 is 2.00 bits per heavy atom. The van der Waals surface area contributed by atoms with Gasteiger partial charge in [-0.3, -0.25) is 4.79 Å². The number of sulfonamides is 1. The normalized spacial score (nSPS) is 15.7. The lowest BCUT2D eigenvalue weighted by atomic mass is 9.97. The van der Waals surface area contributed by atoms with Gasteiger partial charge in [-0.25, -0.2) is 22.0 Å². The van der Waals surface area contributed by atoms with E-state index in [1.165, 1.54) is 0 Å². The molecule has 0 saturated carbocycles. The van der Waals surface area contributed by atoms with Crippen molar-refractivity contribution in [1.29, 1.82) is 0 Å². The summed E-state index contributed by atoms with van der Waals surface area (Å²) in [7, 11) is -4.23. The Morgan fingerprint density at radius 3 is 2.67 bits per heavy atom. The number of aromatic nitrogens is 2. The van der Waals surface area contributed by atoms with Gasteiger partial charge in [-0.1, -0.05) is 4.49 Å². The average Bonchev–Trinajstić information content (AvgIpc) is 3.18. The Hall–Kier alpha value is -2.51.